The predicted octanol–water partition coefficient (Wildman–Crippen LogP) is 2.27. The molecule has 0 aromatic rings. The van der Waals surface area contributed by atoms with Crippen LogP contribution in [-0.2, 0) is 14.3 Å². The minimum absolute atomic E-state index is 0.287. The molecule has 0 unspecified atom stereocenters. The third-order valence-corrected chi connectivity index (χ3v) is 1.60. The first-order valence-corrected chi connectivity index (χ1v) is 4.49. The van der Waals surface area contributed by atoms with E-state index in [0.717, 1.165) is 25.7 Å². The van der Waals surface area contributed by atoms with Crippen LogP contribution in [0, 0.1) is 0 Å². The van der Waals surface area contributed by atoms with Gasteiger partial charge in [0.15, 0.2) is 0 Å². The van der Waals surface area contributed by atoms with Crippen molar-refractivity contribution in [1.82, 2.24) is 0 Å². The Morgan fingerprint density at radius 3 is 2.38 bits per heavy atom. The molecule has 0 aromatic heterocycles. The first-order chi connectivity index (χ1) is 6.20. The molecule has 0 N–H and O–H groups in total. The molecule has 0 radical (unpaired) electrons. The third kappa shape index (κ3) is 7.31. The lowest BCUT2D eigenvalue weighted by atomic mass is 10.2. The number of hydrogen-bond donors (Lipinski definition) is 0. The van der Waals surface area contributed by atoms with Crippen LogP contribution >= 0.6 is 0 Å². The van der Waals surface area contributed by atoms with Crippen LogP contribution in [-0.4, -0.2) is 19.2 Å². The fourth-order valence-corrected chi connectivity index (χ4v) is 0.882. The zero-order valence-corrected chi connectivity index (χ0v) is 8.17. The van der Waals surface area contributed by atoms with Gasteiger partial charge in [-0.1, -0.05) is 26.2 Å². The molecule has 0 amide bonds. The highest BCUT2D eigenvalue weighted by Crippen LogP contribution is 2.03. The van der Waals surface area contributed by atoms with E-state index in [1.807, 2.05) is 0 Å². The van der Waals surface area contributed by atoms with Crippen LogP contribution in [0.1, 0.15) is 39.0 Å². The molecule has 0 bridgehead atoms. The van der Waals surface area contributed by atoms with E-state index in [-0.39, 0.29) is 6.42 Å². The molecule has 0 aromatic carbocycles. The van der Waals surface area contributed by atoms with E-state index >= 15 is 0 Å². The van der Waals surface area contributed by atoms with Crippen molar-refractivity contribution in [3.05, 3.63) is 0 Å². The molecule has 0 aliphatic heterocycles. The number of esters is 1. The minimum Gasteiger partial charge on any atom is -0.437 e. The summed E-state index contributed by atoms with van der Waals surface area (Å²) in [5, 5.41) is 0. The maximum Gasteiger partial charge on any atom is 0.515 e. The Morgan fingerprint density at radius 2 is 1.85 bits per heavy atom. The largest absolute Gasteiger partial charge is 0.515 e. The number of methoxy groups -OCH3 is 1. The van der Waals surface area contributed by atoms with Crippen molar-refractivity contribution in [3.8, 4) is 0 Å². The Kier molecular flexibility index (Phi) is 6.96. The quantitative estimate of drug-likeness (QED) is 0.377. The van der Waals surface area contributed by atoms with Crippen molar-refractivity contribution >= 4 is 12.1 Å². The van der Waals surface area contributed by atoms with Gasteiger partial charge >= 0.3 is 12.1 Å². The van der Waals surface area contributed by atoms with Crippen molar-refractivity contribution in [2.24, 2.45) is 0 Å². The second kappa shape index (κ2) is 7.58. The fraction of sp³-hybridized carbons (Fsp3) is 0.778. The third-order valence-electron chi connectivity index (χ3n) is 1.60. The monoisotopic (exact) mass is 188 g/mol. The number of carbonyl (C=O) groups is 2. The molecule has 0 aliphatic carbocycles. The summed E-state index contributed by atoms with van der Waals surface area (Å²) in [7, 11) is 1.17. The van der Waals surface area contributed by atoms with Gasteiger partial charge in [-0.05, 0) is 6.42 Å². The standard InChI is InChI=1S/C9H16O4/c1-3-4-5-6-7-8(10)13-9(11)12-2/h3-7H2,1-2H3. The summed E-state index contributed by atoms with van der Waals surface area (Å²) >= 11 is 0. The number of carbonyl (C=O) groups excluding carboxylic acids is 2. The lowest BCUT2D eigenvalue weighted by molar-refractivity contribution is -0.139. The number of unbranched alkanes of at least 4 members (excludes halogenated alkanes) is 3. The normalized spacial score (nSPS) is 9.38. The summed E-state index contributed by atoms with van der Waals surface area (Å²) < 4.78 is 8.45. The van der Waals surface area contributed by atoms with Crippen LogP contribution in [0.4, 0.5) is 4.79 Å². The molecule has 4 heteroatoms. The molecule has 0 fully saturated rings. The second-order valence-corrected chi connectivity index (χ2v) is 2.74. The summed E-state index contributed by atoms with van der Waals surface area (Å²) in [6.45, 7) is 2.09. The number of rotatable bonds is 5. The van der Waals surface area contributed by atoms with E-state index in [2.05, 4.69) is 16.4 Å². The van der Waals surface area contributed by atoms with Gasteiger partial charge in [-0.15, -0.1) is 0 Å². The smallest absolute Gasteiger partial charge is 0.437 e. The molecular formula is C9H16O4. The highest BCUT2D eigenvalue weighted by molar-refractivity contribution is 5.81. The zero-order valence-electron chi connectivity index (χ0n) is 8.17. The van der Waals surface area contributed by atoms with Crippen LogP contribution in [0.2, 0.25) is 0 Å². The van der Waals surface area contributed by atoms with Crippen LogP contribution in [0.15, 0.2) is 0 Å². The van der Waals surface area contributed by atoms with E-state index in [4.69, 9.17) is 0 Å². The molecule has 0 aliphatic rings. The fourth-order valence-electron chi connectivity index (χ4n) is 0.882. The van der Waals surface area contributed by atoms with Crippen LogP contribution in [0.5, 0.6) is 0 Å². The van der Waals surface area contributed by atoms with Gasteiger partial charge in [0.2, 0.25) is 0 Å². The van der Waals surface area contributed by atoms with Gasteiger partial charge in [0.05, 0.1) is 7.11 Å². The Bertz CT molecular complexity index is 165. The Balaban J connectivity index is 3.35. The zero-order chi connectivity index (χ0) is 10.1. The van der Waals surface area contributed by atoms with Crippen LogP contribution in [0.3, 0.4) is 0 Å². The second-order valence-electron chi connectivity index (χ2n) is 2.74. The highest BCUT2D eigenvalue weighted by Gasteiger charge is 2.08. The molecular weight excluding hydrogens is 172 g/mol. The summed E-state index contributed by atoms with van der Waals surface area (Å²) in [5.41, 5.74) is 0. The molecule has 0 rings (SSSR count). The topological polar surface area (TPSA) is 52.6 Å². The summed E-state index contributed by atoms with van der Waals surface area (Å²) in [6.07, 6.45) is 3.34. The van der Waals surface area contributed by atoms with Gasteiger partial charge in [0.25, 0.3) is 0 Å². The lowest BCUT2D eigenvalue weighted by Gasteiger charge is -2.00. The Morgan fingerprint density at radius 1 is 1.15 bits per heavy atom. The van der Waals surface area contributed by atoms with E-state index < -0.39 is 12.1 Å². The SMILES string of the molecule is CCCCCCC(=O)OC(=O)OC. The van der Waals surface area contributed by atoms with E-state index in [0.29, 0.717) is 0 Å². The number of hydrogen-bond acceptors (Lipinski definition) is 4. The average molecular weight is 188 g/mol. The predicted molar refractivity (Wildman–Crippen MR) is 47.3 cm³/mol. The Labute approximate surface area is 78.2 Å². The minimum atomic E-state index is -0.930. The molecule has 0 saturated carbocycles. The molecule has 0 heterocycles. The van der Waals surface area contributed by atoms with Gasteiger partial charge in [-0.2, -0.15) is 0 Å². The molecule has 76 valence electrons. The average Bonchev–Trinajstić information content (AvgIpc) is 2.12. The van der Waals surface area contributed by atoms with Crippen molar-refractivity contribution in [2.45, 2.75) is 39.0 Å². The van der Waals surface area contributed by atoms with E-state index in [9.17, 15) is 9.59 Å². The van der Waals surface area contributed by atoms with E-state index in [1.54, 1.807) is 0 Å². The molecule has 13 heavy (non-hydrogen) atoms. The van der Waals surface area contributed by atoms with Crippen molar-refractivity contribution in [1.29, 1.82) is 0 Å². The molecule has 0 spiro atoms. The van der Waals surface area contributed by atoms with Gasteiger partial charge < -0.3 is 9.47 Å². The summed E-state index contributed by atoms with van der Waals surface area (Å²) in [6, 6.07) is 0. The van der Waals surface area contributed by atoms with Gasteiger partial charge in [-0.3, -0.25) is 4.79 Å². The van der Waals surface area contributed by atoms with Crippen molar-refractivity contribution in [2.75, 3.05) is 7.11 Å². The summed E-state index contributed by atoms with van der Waals surface area (Å²) in [5.74, 6) is -0.511. The summed E-state index contributed by atoms with van der Waals surface area (Å²) in [4.78, 5) is 21.3. The van der Waals surface area contributed by atoms with Crippen molar-refractivity contribution in [3.63, 3.8) is 0 Å². The molecule has 0 atom stereocenters. The Hall–Kier alpha value is -1.06. The first-order valence-electron chi connectivity index (χ1n) is 4.49. The van der Waals surface area contributed by atoms with Gasteiger partial charge in [0, 0.05) is 6.42 Å². The maximum absolute atomic E-state index is 10.9. The molecule has 0 saturated heterocycles. The number of ether oxygens (including phenoxy) is 2. The highest BCUT2D eigenvalue weighted by atomic mass is 16.7. The molecule has 4 nitrogen and oxygen atoms in total. The van der Waals surface area contributed by atoms with E-state index in [1.165, 1.54) is 7.11 Å². The maximum atomic E-state index is 10.9. The van der Waals surface area contributed by atoms with Crippen LogP contribution < -0.4 is 0 Å². The van der Waals surface area contributed by atoms with Crippen molar-refractivity contribution < 1.29 is 19.1 Å². The first kappa shape index (κ1) is 11.9. The van der Waals surface area contributed by atoms with Gasteiger partial charge in [0.1, 0.15) is 0 Å². The van der Waals surface area contributed by atoms with Gasteiger partial charge in [-0.25, -0.2) is 4.79 Å². The lowest BCUT2D eigenvalue weighted by Crippen LogP contribution is -2.11. The van der Waals surface area contributed by atoms with Crippen LogP contribution in [0.25, 0.3) is 0 Å².